The predicted molar refractivity (Wildman–Crippen MR) is 80.7 cm³/mol. The number of benzene rings is 1. The number of anilines is 2. The molecule has 98 valence electrons. The zero-order valence-electron chi connectivity index (χ0n) is 10.7. The Morgan fingerprint density at radius 2 is 1.89 bits per heavy atom. The van der Waals surface area contributed by atoms with Crippen LogP contribution in [0.4, 0.5) is 11.4 Å². The smallest absolute Gasteiger partial charge is 0.258 e. The molecule has 0 saturated carbocycles. The molecule has 2 rings (SSSR count). The molecule has 0 atom stereocenters. The first-order valence-corrected chi connectivity index (χ1v) is 6.56. The van der Waals surface area contributed by atoms with E-state index in [1.807, 2.05) is 43.3 Å². The highest BCUT2D eigenvalue weighted by atomic mass is 79.9. The van der Waals surface area contributed by atoms with Crippen molar-refractivity contribution < 1.29 is 4.79 Å². The third kappa shape index (κ3) is 3.32. The van der Waals surface area contributed by atoms with E-state index < -0.39 is 0 Å². The predicted octanol–water partition coefficient (Wildman–Crippen LogP) is 3.16. The molecule has 0 aliphatic heterocycles. The molecule has 5 heteroatoms. The third-order valence-electron chi connectivity index (χ3n) is 2.65. The number of hydrogen-bond donors (Lipinski definition) is 1. The van der Waals surface area contributed by atoms with E-state index >= 15 is 0 Å². The lowest BCUT2D eigenvalue weighted by Crippen LogP contribution is -2.13. The molecule has 1 N–H and O–H groups in total. The molecule has 0 aliphatic carbocycles. The van der Waals surface area contributed by atoms with Gasteiger partial charge in [-0.05, 0) is 52.3 Å². The van der Waals surface area contributed by atoms with Gasteiger partial charge in [-0.2, -0.15) is 0 Å². The van der Waals surface area contributed by atoms with Gasteiger partial charge in [-0.3, -0.25) is 4.79 Å². The Balaban J connectivity index is 2.13. The van der Waals surface area contributed by atoms with Gasteiger partial charge in [-0.25, -0.2) is 4.98 Å². The fraction of sp³-hybridized carbons (Fsp3) is 0.143. The second-order valence-electron chi connectivity index (χ2n) is 4.24. The number of amides is 1. The van der Waals surface area contributed by atoms with Gasteiger partial charge >= 0.3 is 0 Å². The summed E-state index contributed by atoms with van der Waals surface area (Å²) in [6, 6.07) is 11.1. The summed E-state index contributed by atoms with van der Waals surface area (Å²) >= 11 is 3.26. The highest BCUT2D eigenvalue weighted by Gasteiger charge is 2.10. The van der Waals surface area contributed by atoms with Crippen molar-refractivity contribution in [1.29, 1.82) is 0 Å². The number of rotatable bonds is 3. The zero-order chi connectivity index (χ0) is 13.8. The van der Waals surface area contributed by atoms with Gasteiger partial charge in [0, 0.05) is 31.7 Å². The van der Waals surface area contributed by atoms with Crippen LogP contribution in [0, 0.1) is 0 Å². The topological polar surface area (TPSA) is 45.2 Å². The fourth-order valence-electron chi connectivity index (χ4n) is 1.60. The molecule has 4 nitrogen and oxygen atoms in total. The van der Waals surface area contributed by atoms with Crippen LogP contribution < -0.4 is 10.2 Å². The van der Waals surface area contributed by atoms with Crippen LogP contribution in [0.2, 0.25) is 0 Å². The largest absolute Gasteiger partial charge is 0.378 e. The first-order chi connectivity index (χ1) is 9.08. The van der Waals surface area contributed by atoms with Crippen molar-refractivity contribution in [3.05, 3.63) is 52.8 Å². The van der Waals surface area contributed by atoms with E-state index in [-0.39, 0.29) is 5.91 Å². The minimum Gasteiger partial charge on any atom is -0.378 e. The molecule has 2 aromatic rings. The molecule has 1 heterocycles. The summed E-state index contributed by atoms with van der Waals surface area (Å²) in [6.07, 6.45) is 1.63. The number of nitrogens with one attached hydrogen (secondary N) is 1. The lowest BCUT2D eigenvalue weighted by molar-refractivity contribution is 0.102. The quantitative estimate of drug-likeness (QED) is 0.884. The van der Waals surface area contributed by atoms with Crippen LogP contribution in [-0.2, 0) is 0 Å². The van der Waals surface area contributed by atoms with Gasteiger partial charge in [0.15, 0.2) is 0 Å². The summed E-state index contributed by atoms with van der Waals surface area (Å²) in [4.78, 5) is 18.1. The minimum absolute atomic E-state index is 0.183. The standard InChI is InChI=1S/C14H14BrN3O/c1-18(2)11-7-5-10(6-8-11)17-14(19)12-4-3-9-16-13(12)15/h3-9H,1-2H3,(H,17,19). The molecule has 1 amide bonds. The Kier molecular flexibility index (Phi) is 4.16. The van der Waals surface area contributed by atoms with Crippen LogP contribution in [0.3, 0.4) is 0 Å². The SMILES string of the molecule is CN(C)c1ccc(NC(=O)c2cccnc2Br)cc1. The maximum Gasteiger partial charge on any atom is 0.258 e. The van der Waals surface area contributed by atoms with Crippen LogP contribution in [-0.4, -0.2) is 25.0 Å². The first kappa shape index (κ1) is 13.5. The Morgan fingerprint density at radius 1 is 1.21 bits per heavy atom. The average molecular weight is 320 g/mol. The van der Waals surface area contributed by atoms with Gasteiger partial charge in [-0.15, -0.1) is 0 Å². The van der Waals surface area contributed by atoms with E-state index in [0.717, 1.165) is 11.4 Å². The lowest BCUT2D eigenvalue weighted by Gasteiger charge is -2.13. The number of carbonyl (C=O) groups excluding carboxylic acids is 1. The molecule has 0 bridgehead atoms. The van der Waals surface area contributed by atoms with Gasteiger partial charge in [-0.1, -0.05) is 0 Å². The summed E-state index contributed by atoms with van der Waals surface area (Å²) in [5.74, 6) is -0.183. The molecule has 0 radical (unpaired) electrons. The first-order valence-electron chi connectivity index (χ1n) is 5.77. The van der Waals surface area contributed by atoms with Crippen LogP contribution in [0.15, 0.2) is 47.2 Å². The number of nitrogens with zero attached hydrogens (tertiary/aromatic N) is 2. The van der Waals surface area contributed by atoms with E-state index in [1.165, 1.54) is 0 Å². The lowest BCUT2D eigenvalue weighted by atomic mass is 10.2. The zero-order valence-corrected chi connectivity index (χ0v) is 12.3. The summed E-state index contributed by atoms with van der Waals surface area (Å²) in [6.45, 7) is 0. The average Bonchev–Trinajstić information content (AvgIpc) is 2.39. The maximum atomic E-state index is 12.1. The van der Waals surface area contributed by atoms with Crippen LogP contribution >= 0.6 is 15.9 Å². The molecule has 0 aliphatic rings. The molecule has 0 spiro atoms. The monoisotopic (exact) mass is 319 g/mol. The van der Waals surface area contributed by atoms with Crippen LogP contribution in [0.1, 0.15) is 10.4 Å². The summed E-state index contributed by atoms with van der Waals surface area (Å²) in [5, 5.41) is 2.84. The van der Waals surface area contributed by atoms with E-state index in [4.69, 9.17) is 0 Å². The molecular weight excluding hydrogens is 306 g/mol. The third-order valence-corrected chi connectivity index (χ3v) is 3.28. The fourth-order valence-corrected chi connectivity index (χ4v) is 2.03. The molecule has 0 fully saturated rings. The summed E-state index contributed by atoms with van der Waals surface area (Å²) in [7, 11) is 3.95. The molecular formula is C14H14BrN3O. The van der Waals surface area contributed by atoms with E-state index in [1.54, 1.807) is 18.3 Å². The van der Waals surface area contributed by atoms with E-state index in [0.29, 0.717) is 10.2 Å². The second-order valence-corrected chi connectivity index (χ2v) is 4.99. The Bertz CT molecular complexity index is 581. The second kappa shape index (κ2) is 5.84. The van der Waals surface area contributed by atoms with Gasteiger partial charge in [0.2, 0.25) is 0 Å². The van der Waals surface area contributed by atoms with Crippen molar-refractivity contribution in [3.63, 3.8) is 0 Å². The van der Waals surface area contributed by atoms with Crippen molar-refractivity contribution >= 4 is 33.2 Å². The van der Waals surface area contributed by atoms with Crippen LogP contribution in [0.25, 0.3) is 0 Å². The van der Waals surface area contributed by atoms with Crippen molar-refractivity contribution in [2.45, 2.75) is 0 Å². The highest BCUT2D eigenvalue weighted by molar-refractivity contribution is 9.10. The maximum absolute atomic E-state index is 12.1. The molecule has 19 heavy (non-hydrogen) atoms. The van der Waals surface area contributed by atoms with E-state index in [9.17, 15) is 4.79 Å². The number of halogens is 1. The number of aromatic nitrogens is 1. The summed E-state index contributed by atoms with van der Waals surface area (Å²) < 4.78 is 0.539. The minimum atomic E-state index is -0.183. The number of hydrogen-bond acceptors (Lipinski definition) is 3. The normalized spacial score (nSPS) is 10.1. The van der Waals surface area contributed by atoms with Crippen molar-refractivity contribution in [2.24, 2.45) is 0 Å². The van der Waals surface area contributed by atoms with Gasteiger partial charge in [0.05, 0.1) is 5.56 Å². The molecule has 0 saturated heterocycles. The Labute approximate surface area is 120 Å². The van der Waals surface area contributed by atoms with Crippen LogP contribution in [0.5, 0.6) is 0 Å². The van der Waals surface area contributed by atoms with Crippen molar-refractivity contribution in [1.82, 2.24) is 4.98 Å². The Hall–Kier alpha value is -1.88. The molecule has 1 aromatic heterocycles. The van der Waals surface area contributed by atoms with Crippen molar-refractivity contribution in [3.8, 4) is 0 Å². The van der Waals surface area contributed by atoms with Gasteiger partial charge in [0.25, 0.3) is 5.91 Å². The number of pyridine rings is 1. The number of carbonyl (C=O) groups is 1. The highest BCUT2D eigenvalue weighted by Crippen LogP contribution is 2.18. The van der Waals surface area contributed by atoms with E-state index in [2.05, 4.69) is 26.2 Å². The molecule has 1 aromatic carbocycles. The Morgan fingerprint density at radius 3 is 2.47 bits per heavy atom. The van der Waals surface area contributed by atoms with Gasteiger partial charge in [0.1, 0.15) is 4.60 Å². The molecule has 0 unspecified atom stereocenters. The van der Waals surface area contributed by atoms with Gasteiger partial charge < -0.3 is 10.2 Å². The van der Waals surface area contributed by atoms with Crippen molar-refractivity contribution in [2.75, 3.05) is 24.3 Å². The summed E-state index contributed by atoms with van der Waals surface area (Å²) in [5.41, 5.74) is 2.35.